The first-order chi connectivity index (χ1) is 12.3. The lowest BCUT2D eigenvalue weighted by atomic mass is 10.1. The topological polar surface area (TPSA) is 76.2 Å². The number of hydrogen-bond donors (Lipinski definition) is 1. The minimum absolute atomic E-state index is 0.0759. The third-order valence-electron chi connectivity index (χ3n) is 4.50. The number of halogens is 1. The Morgan fingerprint density at radius 3 is 2.58 bits per heavy atom. The maximum absolute atomic E-state index is 12.8. The fraction of sp³-hybridized carbons (Fsp3) is 0.200. The third-order valence-corrected chi connectivity index (χ3v) is 4.74. The molecule has 0 saturated carbocycles. The van der Waals surface area contributed by atoms with Crippen molar-refractivity contribution in [3.63, 3.8) is 0 Å². The van der Waals surface area contributed by atoms with Crippen LogP contribution < -0.4 is 10.0 Å². The summed E-state index contributed by atoms with van der Waals surface area (Å²) in [6.07, 6.45) is -0.0759. The highest BCUT2D eigenvalue weighted by Gasteiger charge is 2.20. The standard InChI is InChI=1S/C20H19ClN2O3/c1-11-4-5-12(2)17(8-11)23(3)18(24)10-15-14-9-13(21)6-7-16(14)22-19(15)20(25)26/h4-9,22H,10H2,1-3H3,(H,25,26)/p-1. The number of amides is 1. The first kappa shape index (κ1) is 18.0. The monoisotopic (exact) mass is 369 g/mol. The minimum Gasteiger partial charge on any atom is -0.543 e. The van der Waals surface area contributed by atoms with Gasteiger partial charge in [0.05, 0.1) is 18.1 Å². The number of rotatable bonds is 4. The van der Waals surface area contributed by atoms with Gasteiger partial charge in [0.25, 0.3) is 0 Å². The molecule has 0 unspecified atom stereocenters. The summed E-state index contributed by atoms with van der Waals surface area (Å²) in [5, 5.41) is 12.6. The number of carbonyl (C=O) groups is 2. The maximum Gasteiger partial charge on any atom is 0.231 e. The van der Waals surface area contributed by atoms with E-state index in [1.54, 1.807) is 30.1 Å². The molecule has 5 nitrogen and oxygen atoms in total. The van der Waals surface area contributed by atoms with E-state index in [1.165, 1.54) is 0 Å². The van der Waals surface area contributed by atoms with E-state index in [9.17, 15) is 14.7 Å². The van der Waals surface area contributed by atoms with Crippen LogP contribution in [0.5, 0.6) is 0 Å². The predicted octanol–water partition coefficient (Wildman–Crippen LogP) is 3.01. The summed E-state index contributed by atoms with van der Waals surface area (Å²) in [7, 11) is 1.69. The second kappa shape index (κ2) is 6.84. The van der Waals surface area contributed by atoms with Crippen LogP contribution >= 0.6 is 11.6 Å². The quantitative estimate of drug-likeness (QED) is 0.768. The van der Waals surface area contributed by atoms with Crippen molar-refractivity contribution in [2.24, 2.45) is 0 Å². The summed E-state index contributed by atoms with van der Waals surface area (Å²) < 4.78 is 0. The van der Waals surface area contributed by atoms with Gasteiger partial charge in [-0.1, -0.05) is 23.7 Å². The Bertz CT molecular complexity index is 1020. The number of likely N-dealkylation sites (N-methyl/N-ethyl adjacent to an activating group) is 1. The van der Waals surface area contributed by atoms with Crippen molar-refractivity contribution in [1.29, 1.82) is 0 Å². The number of hydrogen-bond acceptors (Lipinski definition) is 3. The van der Waals surface area contributed by atoms with Gasteiger partial charge < -0.3 is 19.8 Å². The van der Waals surface area contributed by atoms with E-state index in [0.29, 0.717) is 21.5 Å². The smallest absolute Gasteiger partial charge is 0.231 e. The third kappa shape index (κ3) is 3.30. The molecule has 0 aliphatic heterocycles. The first-order valence-electron chi connectivity index (χ1n) is 8.13. The van der Waals surface area contributed by atoms with E-state index in [4.69, 9.17) is 11.6 Å². The Kier molecular flexibility index (Phi) is 4.74. The number of nitrogens with one attached hydrogen (secondary N) is 1. The van der Waals surface area contributed by atoms with Crippen LogP contribution in [0.3, 0.4) is 0 Å². The molecule has 134 valence electrons. The number of carboxylic acids is 1. The minimum atomic E-state index is -1.35. The van der Waals surface area contributed by atoms with Gasteiger partial charge in [0.15, 0.2) is 0 Å². The second-order valence-electron chi connectivity index (χ2n) is 6.38. The molecule has 0 spiro atoms. The molecule has 1 amide bonds. The molecule has 0 fully saturated rings. The lowest BCUT2D eigenvalue weighted by Gasteiger charge is -2.20. The van der Waals surface area contributed by atoms with E-state index in [0.717, 1.165) is 16.8 Å². The highest BCUT2D eigenvalue weighted by Crippen LogP contribution is 2.27. The molecule has 0 bridgehead atoms. The summed E-state index contributed by atoms with van der Waals surface area (Å²) in [5.74, 6) is -1.57. The number of carboxylic acid groups (broad SMARTS) is 1. The lowest BCUT2D eigenvalue weighted by molar-refractivity contribution is -0.255. The largest absolute Gasteiger partial charge is 0.543 e. The van der Waals surface area contributed by atoms with Crippen LogP contribution in [0.4, 0.5) is 5.69 Å². The van der Waals surface area contributed by atoms with Crippen LogP contribution in [0.2, 0.25) is 5.02 Å². The van der Waals surface area contributed by atoms with Crippen molar-refractivity contribution in [2.45, 2.75) is 20.3 Å². The molecule has 0 aliphatic rings. The van der Waals surface area contributed by atoms with Crippen molar-refractivity contribution in [2.75, 3.05) is 11.9 Å². The number of carbonyl (C=O) groups excluding carboxylic acids is 2. The zero-order chi connectivity index (χ0) is 19.0. The number of aromatic carboxylic acids is 1. The molecule has 0 saturated heterocycles. The molecular weight excluding hydrogens is 352 g/mol. The van der Waals surface area contributed by atoms with Gasteiger partial charge in [-0.2, -0.15) is 0 Å². The van der Waals surface area contributed by atoms with Crippen LogP contribution in [0.25, 0.3) is 10.9 Å². The predicted molar refractivity (Wildman–Crippen MR) is 101 cm³/mol. The molecule has 0 atom stereocenters. The van der Waals surface area contributed by atoms with Crippen LogP contribution in [0, 0.1) is 13.8 Å². The zero-order valence-corrected chi connectivity index (χ0v) is 15.5. The highest BCUT2D eigenvalue weighted by atomic mass is 35.5. The van der Waals surface area contributed by atoms with Crippen LogP contribution in [0.1, 0.15) is 27.2 Å². The van der Waals surface area contributed by atoms with Crippen LogP contribution in [-0.2, 0) is 11.2 Å². The molecule has 0 aliphatic carbocycles. The lowest BCUT2D eigenvalue weighted by Crippen LogP contribution is -2.30. The number of aromatic nitrogens is 1. The maximum atomic E-state index is 12.8. The van der Waals surface area contributed by atoms with Crippen LogP contribution in [0.15, 0.2) is 36.4 Å². The van der Waals surface area contributed by atoms with E-state index in [-0.39, 0.29) is 18.0 Å². The fourth-order valence-corrected chi connectivity index (χ4v) is 3.23. The summed E-state index contributed by atoms with van der Waals surface area (Å²) in [4.78, 5) is 28.7. The van der Waals surface area contributed by atoms with Crippen LogP contribution in [-0.4, -0.2) is 23.9 Å². The molecule has 1 aromatic heterocycles. The fourth-order valence-electron chi connectivity index (χ4n) is 3.06. The van der Waals surface area contributed by atoms with E-state index in [2.05, 4.69) is 4.98 Å². The summed E-state index contributed by atoms with van der Waals surface area (Å²) >= 11 is 6.04. The number of benzene rings is 2. The second-order valence-corrected chi connectivity index (χ2v) is 6.81. The van der Waals surface area contributed by atoms with Crippen molar-refractivity contribution in [3.8, 4) is 0 Å². The van der Waals surface area contributed by atoms with Crippen molar-refractivity contribution < 1.29 is 14.7 Å². The summed E-state index contributed by atoms with van der Waals surface area (Å²) in [6, 6.07) is 10.9. The Morgan fingerprint density at radius 1 is 1.15 bits per heavy atom. The molecule has 3 aromatic rings. The normalized spacial score (nSPS) is 10.9. The molecule has 1 heterocycles. The molecule has 2 aromatic carbocycles. The van der Waals surface area contributed by atoms with Gasteiger partial charge in [-0.25, -0.2) is 0 Å². The Hall–Kier alpha value is -2.79. The average Bonchev–Trinajstić information content (AvgIpc) is 2.94. The summed E-state index contributed by atoms with van der Waals surface area (Å²) in [6.45, 7) is 3.88. The van der Waals surface area contributed by atoms with E-state index in [1.807, 2.05) is 32.0 Å². The molecular formula is C20H18ClN2O3-. The van der Waals surface area contributed by atoms with Gasteiger partial charge >= 0.3 is 0 Å². The number of aryl methyl sites for hydroxylation is 2. The number of aromatic amines is 1. The molecule has 0 radical (unpaired) electrons. The Labute approximate surface area is 156 Å². The molecule has 6 heteroatoms. The molecule has 3 rings (SSSR count). The molecule has 26 heavy (non-hydrogen) atoms. The van der Waals surface area contributed by atoms with E-state index < -0.39 is 5.97 Å². The zero-order valence-electron chi connectivity index (χ0n) is 14.7. The SMILES string of the molecule is Cc1ccc(C)c(N(C)C(=O)Cc2c(C(=O)[O-])[nH]c3ccc(Cl)cc23)c1. The highest BCUT2D eigenvalue weighted by molar-refractivity contribution is 6.31. The number of nitrogens with zero attached hydrogens (tertiary/aromatic N) is 1. The Morgan fingerprint density at radius 2 is 1.88 bits per heavy atom. The number of anilines is 1. The Balaban J connectivity index is 2.01. The summed E-state index contributed by atoms with van der Waals surface area (Å²) in [5.41, 5.74) is 3.69. The van der Waals surface area contributed by atoms with Gasteiger partial charge in [0, 0.05) is 28.7 Å². The van der Waals surface area contributed by atoms with Crippen molar-refractivity contribution in [1.82, 2.24) is 4.98 Å². The number of H-pyrrole nitrogens is 1. The number of fused-ring (bicyclic) bond motifs is 1. The van der Waals surface area contributed by atoms with E-state index >= 15 is 0 Å². The van der Waals surface area contributed by atoms with Gasteiger partial charge in [-0.3, -0.25) is 4.79 Å². The van der Waals surface area contributed by atoms with Gasteiger partial charge in [-0.15, -0.1) is 0 Å². The van der Waals surface area contributed by atoms with Gasteiger partial charge in [0.2, 0.25) is 5.91 Å². The van der Waals surface area contributed by atoms with Gasteiger partial charge in [-0.05, 0) is 54.8 Å². The first-order valence-corrected chi connectivity index (χ1v) is 8.51. The van der Waals surface area contributed by atoms with Crippen molar-refractivity contribution >= 4 is 40.1 Å². The van der Waals surface area contributed by atoms with Gasteiger partial charge in [0.1, 0.15) is 0 Å². The average molecular weight is 370 g/mol. The molecule has 1 N–H and O–H groups in total. The van der Waals surface area contributed by atoms with Crippen molar-refractivity contribution in [3.05, 3.63) is 63.8 Å².